The molecule has 2 saturated heterocycles. The van der Waals surface area contributed by atoms with Gasteiger partial charge >= 0.3 is 0 Å². The molecular weight excluding hydrogens is 196 g/mol. The van der Waals surface area contributed by atoms with Crippen LogP contribution in [0.2, 0.25) is 0 Å². The summed E-state index contributed by atoms with van der Waals surface area (Å²) >= 11 is 1.96. The van der Waals surface area contributed by atoms with Gasteiger partial charge in [0.15, 0.2) is 0 Å². The Labute approximate surface area is 89.6 Å². The van der Waals surface area contributed by atoms with E-state index in [0.29, 0.717) is 11.9 Å². The molecule has 1 N–H and O–H groups in total. The van der Waals surface area contributed by atoms with Crippen molar-refractivity contribution in [2.45, 2.75) is 31.3 Å². The van der Waals surface area contributed by atoms with Crippen LogP contribution in [-0.4, -0.2) is 48.0 Å². The minimum Gasteiger partial charge on any atom is -0.341 e. The molecule has 0 bridgehead atoms. The first kappa shape index (κ1) is 10.3. The van der Waals surface area contributed by atoms with Crippen molar-refractivity contribution in [3.63, 3.8) is 0 Å². The molecule has 2 fully saturated rings. The third kappa shape index (κ3) is 2.06. The molecule has 1 unspecified atom stereocenters. The lowest BCUT2D eigenvalue weighted by Gasteiger charge is -2.26. The lowest BCUT2D eigenvalue weighted by molar-refractivity contribution is -0.133. The van der Waals surface area contributed by atoms with Crippen LogP contribution in [0.1, 0.15) is 19.3 Å². The van der Waals surface area contributed by atoms with Gasteiger partial charge in [-0.15, -0.1) is 0 Å². The first-order valence-electron chi connectivity index (χ1n) is 5.37. The monoisotopic (exact) mass is 214 g/mol. The van der Waals surface area contributed by atoms with Crippen molar-refractivity contribution in [3.05, 3.63) is 0 Å². The third-order valence-corrected chi connectivity index (χ3v) is 4.30. The molecule has 2 aliphatic rings. The highest BCUT2D eigenvalue weighted by molar-refractivity contribution is 7.99. The van der Waals surface area contributed by atoms with Gasteiger partial charge in [-0.25, -0.2) is 0 Å². The molecule has 2 aliphatic heterocycles. The van der Waals surface area contributed by atoms with E-state index in [-0.39, 0.29) is 6.04 Å². The van der Waals surface area contributed by atoms with E-state index in [9.17, 15) is 4.79 Å². The number of likely N-dealkylation sites (N-methyl/N-ethyl adjacent to an activating group) is 1. The van der Waals surface area contributed by atoms with E-state index in [1.165, 1.54) is 12.2 Å². The van der Waals surface area contributed by atoms with Crippen molar-refractivity contribution in [2.24, 2.45) is 0 Å². The second-order valence-electron chi connectivity index (χ2n) is 4.12. The molecule has 0 aromatic heterocycles. The number of rotatable bonds is 2. The second-order valence-corrected chi connectivity index (χ2v) is 5.27. The van der Waals surface area contributed by atoms with Crippen LogP contribution in [0, 0.1) is 0 Å². The molecule has 0 radical (unpaired) electrons. The standard InChI is InChI=1S/C10H18N2OS/c1-12(8-4-6-14-7-8)10(13)9-3-2-5-11-9/h8-9,11H,2-7H2,1H3/t8?,9-/m1/s1. The molecule has 0 aromatic rings. The number of thioether (sulfide) groups is 1. The van der Waals surface area contributed by atoms with E-state index in [4.69, 9.17) is 0 Å². The van der Waals surface area contributed by atoms with Crippen molar-refractivity contribution < 1.29 is 4.79 Å². The highest BCUT2D eigenvalue weighted by Crippen LogP contribution is 2.22. The van der Waals surface area contributed by atoms with Crippen molar-refractivity contribution in [2.75, 3.05) is 25.1 Å². The quantitative estimate of drug-likeness (QED) is 0.734. The summed E-state index contributed by atoms with van der Waals surface area (Å²) in [6, 6.07) is 0.584. The first-order chi connectivity index (χ1) is 6.79. The van der Waals surface area contributed by atoms with E-state index in [1.807, 2.05) is 23.7 Å². The summed E-state index contributed by atoms with van der Waals surface area (Å²) in [5.74, 6) is 2.63. The minimum atomic E-state index is 0.102. The number of nitrogens with one attached hydrogen (secondary N) is 1. The van der Waals surface area contributed by atoms with Gasteiger partial charge in [-0.3, -0.25) is 4.79 Å². The lowest BCUT2D eigenvalue weighted by Crippen LogP contribution is -2.46. The SMILES string of the molecule is CN(C(=O)[C@H]1CCCN1)C1CCSC1. The maximum Gasteiger partial charge on any atom is 0.239 e. The topological polar surface area (TPSA) is 32.3 Å². The van der Waals surface area contributed by atoms with E-state index >= 15 is 0 Å². The minimum absolute atomic E-state index is 0.102. The van der Waals surface area contributed by atoms with E-state index in [1.54, 1.807) is 0 Å². The molecule has 3 nitrogen and oxygen atoms in total. The molecule has 0 saturated carbocycles. The predicted molar refractivity (Wildman–Crippen MR) is 59.5 cm³/mol. The molecule has 0 spiro atoms. The summed E-state index contributed by atoms with van der Waals surface area (Å²) in [5.41, 5.74) is 0. The lowest BCUT2D eigenvalue weighted by atomic mass is 10.1. The van der Waals surface area contributed by atoms with Crippen LogP contribution in [0.5, 0.6) is 0 Å². The molecule has 4 heteroatoms. The number of carbonyl (C=O) groups is 1. The zero-order valence-corrected chi connectivity index (χ0v) is 9.48. The van der Waals surface area contributed by atoms with Crippen molar-refractivity contribution in [1.29, 1.82) is 0 Å². The molecular formula is C10H18N2OS. The van der Waals surface area contributed by atoms with Crippen molar-refractivity contribution in [3.8, 4) is 0 Å². The maximum absolute atomic E-state index is 12.0. The van der Waals surface area contributed by atoms with Gasteiger partial charge in [0.25, 0.3) is 0 Å². The van der Waals surface area contributed by atoms with Gasteiger partial charge in [-0.1, -0.05) is 0 Å². The molecule has 2 rings (SSSR count). The fourth-order valence-corrected chi connectivity index (χ4v) is 3.42. The maximum atomic E-state index is 12.0. The summed E-state index contributed by atoms with van der Waals surface area (Å²) in [4.78, 5) is 13.9. The third-order valence-electron chi connectivity index (χ3n) is 3.16. The summed E-state index contributed by atoms with van der Waals surface area (Å²) in [7, 11) is 1.96. The van der Waals surface area contributed by atoms with Gasteiger partial charge in [0, 0.05) is 18.8 Å². The Balaban J connectivity index is 1.89. The van der Waals surface area contributed by atoms with Gasteiger partial charge in [-0.2, -0.15) is 11.8 Å². The van der Waals surface area contributed by atoms with E-state index in [0.717, 1.165) is 25.1 Å². The summed E-state index contributed by atoms with van der Waals surface area (Å²) in [6.07, 6.45) is 3.33. The number of hydrogen-bond acceptors (Lipinski definition) is 3. The zero-order chi connectivity index (χ0) is 9.97. The summed E-state index contributed by atoms with van der Waals surface area (Å²) < 4.78 is 0. The Hall–Kier alpha value is -0.220. The highest BCUT2D eigenvalue weighted by Gasteiger charge is 2.30. The summed E-state index contributed by atoms with van der Waals surface area (Å²) in [6.45, 7) is 1.00. The van der Waals surface area contributed by atoms with Gasteiger partial charge in [-0.05, 0) is 31.6 Å². The first-order valence-corrected chi connectivity index (χ1v) is 6.52. The summed E-state index contributed by atoms with van der Waals surface area (Å²) in [5, 5.41) is 3.26. The number of amides is 1. The van der Waals surface area contributed by atoms with E-state index in [2.05, 4.69) is 5.32 Å². The van der Waals surface area contributed by atoms with Gasteiger partial charge in [0.1, 0.15) is 0 Å². The Morgan fingerprint density at radius 3 is 2.93 bits per heavy atom. The fraction of sp³-hybridized carbons (Fsp3) is 0.900. The largest absolute Gasteiger partial charge is 0.341 e. The van der Waals surface area contributed by atoms with Crippen LogP contribution < -0.4 is 5.32 Å². The van der Waals surface area contributed by atoms with Gasteiger partial charge in [0.2, 0.25) is 5.91 Å². The molecule has 80 valence electrons. The van der Waals surface area contributed by atoms with Crippen LogP contribution in [0.4, 0.5) is 0 Å². The second kappa shape index (κ2) is 4.53. The van der Waals surface area contributed by atoms with E-state index < -0.39 is 0 Å². The van der Waals surface area contributed by atoms with Crippen molar-refractivity contribution >= 4 is 17.7 Å². The van der Waals surface area contributed by atoms with Crippen LogP contribution >= 0.6 is 11.8 Å². The molecule has 14 heavy (non-hydrogen) atoms. The molecule has 2 heterocycles. The number of hydrogen-bond donors (Lipinski definition) is 1. The molecule has 1 amide bonds. The molecule has 0 aromatic carbocycles. The van der Waals surface area contributed by atoms with Crippen LogP contribution in [-0.2, 0) is 4.79 Å². The number of nitrogens with zero attached hydrogens (tertiary/aromatic N) is 1. The Bertz CT molecular complexity index is 210. The zero-order valence-electron chi connectivity index (χ0n) is 8.66. The van der Waals surface area contributed by atoms with Crippen molar-refractivity contribution in [1.82, 2.24) is 10.2 Å². The molecule has 2 atom stereocenters. The predicted octanol–water partition coefficient (Wildman–Crippen LogP) is 0.702. The smallest absolute Gasteiger partial charge is 0.239 e. The van der Waals surface area contributed by atoms with Crippen LogP contribution in [0.25, 0.3) is 0 Å². The fourth-order valence-electron chi connectivity index (χ4n) is 2.15. The molecule has 0 aliphatic carbocycles. The normalized spacial score (nSPS) is 32.1. The average Bonchev–Trinajstić information content (AvgIpc) is 2.87. The Morgan fingerprint density at radius 1 is 1.50 bits per heavy atom. The van der Waals surface area contributed by atoms with Crippen LogP contribution in [0.15, 0.2) is 0 Å². The van der Waals surface area contributed by atoms with Crippen LogP contribution in [0.3, 0.4) is 0 Å². The Morgan fingerprint density at radius 2 is 2.36 bits per heavy atom. The van der Waals surface area contributed by atoms with Gasteiger partial charge < -0.3 is 10.2 Å². The highest BCUT2D eigenvalue weighted by atomic mass is 32.2. The average molecular weight is 214 g/mol. The Kier molecular flexibility index (Phi) is 3.34. The van der Waals surface area contributed by atoms with Gasteiger partial charge in [0.05, 0.1) is 6.04 Å². The number of carbonyl (C=O) groups excluding carboxylic acids is 1.